The van der Waals surface area contributed by atoms with Crippen LogP contribution in [-0.2, 0) is 4.79 Å². The van der Waals surface area contributed by atoms with Gasteiger partial charge in [-0.3, -0.25) is 0 Å². The predicted octanol–water partition coefficient (Wildman–Crippen LogP) is 1.26. The summed E-state index contributed by atoms with van der Waals surface area (Å²) in [5.41, 5.74) is 2.38. The quantitative estimate of drug-likeness (QED) is 0.659. The number of carboxylic acid groups (broad SMARTS) is 1. The van der Waals surface area contributed by atoms with Crippen LogP contribution >= 0.6 is 0 Å². The first-order chi connectivity index (χ1) is 8.82. The Hall–Kier alpha value is -2.08. The summed E-state index contributed by atoms with van der Waals surface area (Å²) in [6.45, 7) is 4.98. The van der Waals surface area contributed by atoms with Crippen LogP contribution in [0.3, 0.4) is 0 Å². The zero-order valence-electron chi connectivity index (χ0n) is 11.1. The third-order valence-electron chi connectivity index (χ3n) is 2.75. The van der Waals surface area contributed by atoms with Crippen molar-refractivity contribution in [2.24, 2.45) is 0 Å². The molecule has 0 heterocycles. The van der Waals surface area contributed by atoms with Crippen LogP contribution in [0, 0.1) is 13.8 Å². The number of aryl methyl sites for hydroxylation is 2. The fourth-order valence-corrected chi connectivity index (χ4v) is 1.69. The summed E-state index contributed by atoms with van der Waals surface area (Å²) >= 11 is 0. The normalized spacial score (nSPS) is 13.5. The molecule has 0 aliphatic heterocycles. The average molecular weight is 266 g/mol. The number of aliphatic carboxylic acids is 1. The van der Waals surface area contributed by atoms with Crippen molar-refractivity contribution < 1.29 is 19.8 Å². The fraction of sp³-hybridized carbons (Fsp3) is 0.385. The third-order valence-corrected chi connectivity index (χ3v) is 2.75. The number of amides is 2. The van der Waals surface area contributed by atoms with Gasteiger partial charge >= 0.3 is 12.0 Å². The summed E-state index contributed by atoms with van der Waals surface area (Å²) in [7, 11) is 0. The Morgan fingerprint density at radius 2 is 1.74 bits per heavy atom. The van der Waals surface area contributed by atoms with Crippen molar-refractivity contribution in [1.82, 2.24) is 5.32 Å². The Balaban J connectivity index is 2.78. The van der Waals surface area contributed by atoms with Gasteiger partial charge in [-0.2, -0.15) is 0 Å². The second-order valence-electron chi connectivity index (χ2n) is 4.42. The third kappa shape index (κ3) is 3.96. The molecule has 2 atom stereocenters. The summed E-state index contributed by atoms with van der Waals surface area (Å²) in [5, 5.41) is 23.0. The van der Waals surface area contributed by atoms with Crippen molar-refractivity contribution in [1.29, 1.82) is 0 Å². The molecule has 0 saturated carbocycles. The second kappa shape index (κ2) is 6.19. The minimum atomic E-state index is -1.34. The van der Waals surface area contributed by atoms with Crippen LogP contribution in [0.1, 0.15) is 18.1 Å². The van der Waals surface area contributed by atoms with Gasteiger partial charge in [-0.05, 0) is 31.9 Å². The molecule has 0 radical (unpaired) electrons. The summed E-state index contributed by atoms with van der Waals surface area (Å²) in [4.78, 5) is 22.6. The van der Waals surface area contributed by atoms with E-state index in [4.69, 9.17) is 5.11 Å². The number of anilines is 1. The number of para-hydroxylation sites is 1. The smallest absolute Gasteiger partial charge is 0.328 e. The summed E-state index contributed by atoms with van der Waals surface area (Å²) < 4.78 is 0. The highest BCUT2D eigenvalue weighted by molar-refractivity contribution is 5.93. The van der Waals surface area contributed by atoms with E-state index in [-0.39, 0.29) is 0 Å². The number of aliphatic hydroxyl groups is 1. The van der Waals surface area contributed by atoms with E-state index in [2.05, 4.69) is 10.6 Å². The molecule has 0 aliphatic carbocycles. The molecule has 2 amide bonds. The molecule has 0 spiro atoms. The van der Waals surface area contributed by atoms with Gasteiger partial charge < -0.3 is 20.8 Å². The van der Waals surface area contributed by atoms with E-state index in [0.29, 0.717) is 5.69 Å². The highest BCUT2D eigenvalue weighted by Crippen LogP contribution is 2.19. The largest absolute Gasteiger partial charge is 0.480 e. The molecule has 0 aliphatic rings. The number of urea groups is 1. The molecule has 19 heavy (non-hydrogen) atoms. The van der Waals surface area contributed by atoms with E-state index < -0.39 is 24.1 Å². The lowest BCUT2D eigenvalue weighted by Gasteiger charge is -2.18. The Kier molecular flexibility index (Phi) is 4.88. The van der Waals surface area contributed by atoms with Crippen LogP contribution in [0.25, 0.3) is 0 Å². The van der Waals surface area contributed by atoms with E-state index in [0.717, 1.165) is 11.1 Å². The van der Waals surface area contributed by atoms with Crippen LogP contribution in [-0.4, -0.2) is 34.4 Å². The maximum atomic E-state index is 11.7. The molecule has 1 aromatic rings. The van der Waals surface area contributed by atoms with Gasteiger partial charge in [0.1, 0.15) is 0 Å². The topological polar surface area (TPSA) is 98.7 Å². The molecular weight excluding hydrogens is 248 g/mol. The molecule has 0 saturated heterocycles. The van der Waals surface area contributed by atoms with Crippen LogP contribution in [0.4, 0.5) is 10.5 Å². The van der Waals surface area contributed by atoms with Crippen molar-refractivity contribution in [2.45, 2.75) is 32.9 Å². The standard InChI is InChI=1S/C13H18N2O4/c1-7-5-4-6-8(2)10(7)14-13(19)15-11(9(3)16)12(17)18/h4-6,9,11,16H,1-3H3,(H,17,18)(H2,14,15,19)/t9-,11+/m1/s1. The number of hydrogen-bond donors (Lipinski definition) is 4. The lowest BCUT2D eigenvalue weighted by molar-refractivity contribution is -0.141. The number of carbonyl (C=O) groups excluding carboxylic acids is 1. The van der Waals surface area contributed by atoms with Gasteiger partial charge in [0.2, 0.25) is 0 Å². The fourth-order valence-electron chi connectivity index (χ4n) is 1.69. The number of hydrogen-bond acceptors (Lipinski definition) is 3. The number of carbonyl (C=O) groups is 2. The van der Waals surface area contributed by atoms with Gasteiger partial charge in [0.25, 0.3) is 0 Å². The first kappa shape index (κ1) is 15.0. The molecule has 104 valence electrons. The highest BCUT2D eigenvalue weighted by Gasteiger charge is 2.25. The maximum absolute atomic E-state index is 11.7. The van der Waals surface area contributed by atoms with Crippen molar-refractivity contribution in [3.8, 4) is 0 Å². The van der Waals surface area contributed by atoms with Crippen LogP contribution in [0.15, 0.2) is 18.2 Å². The second-order valence-corrected chi connectivity index (χ2v) is 4.42. The van der Waals surface area contributed by atoms with E-state index in [1.807, 2.05) is 32.0 Å². The number of nitrogens with one attached hydrogen (secondary N) is 2. The minimum absolute atomic E-state index is 0.634. The predicted molar refractivity (Wildman–Crippen MR) is 71.2 cm³/mol. The van der Waals surface area contributed by atoms with E-state index >= 15 is 0 Å². The van der Waals surface area contributed by atoms with Crippen molar-refractivity contribution in [3.05, 3.63) is 29.3 Å². The highest BCUT2D eigenvalue weighted by atomic mass is 16.4. The Labute approximate surface area is 111 Å². The van der Waals surface area contributed by atoms with Crippen molar-refractivity contribution in [2.75, 3.05) is 5.32 Å². The number of carboxylic acids is 1. The van der Waals surface area contributed by atoms with E-state index in [1.54, 1.807) is 0 Å². The molecule has 6 nitrogen and oxygen atoms in total. The zero-order valence-corrected chi connectivity index (χ0v) is 11.1. The number of benzene rings is 1. The molecule has 1 aromatic carbocycles. The molecule has 0 bridgehead atoms. The molecule has 0 fully saturated rings. The van der Waals surface area contributed by atoms with Crippen molar-refractivity contribution in [3.63, 3.8) is 0 Å². The monoisotopic (exact) mass is 266 g/mol. The average Bonchev–Trinajstić information content (AvgIpc) is 2.30. The van der Waals surface area contributed by atoms with Gasteiger partial charge in [0.15, 0.2) is 6.04 Å². The lowest BCUT2D eigenvalue weighted by Crippen LogP contribution is -2.49. The molecule has 4 N–H and O–H groups in total. The molecular formula is C13H18N2O4. The molecule has 6 heteroatoms. The van der Waals surface area contributed by atoms with E-state index in [9.17, 15) is 14.7 Å². The van der Waals surface area contributed by atoms with Gasteiger partial charge in [0.05, 0.1) is 6.10 Å². The minimum Gasteiger partial charge on any atom is -0.480 e. The SMILES string of the molecule is Cc1cccc(C)c1NC(=O)N[C@H](C(=O)O)[C@@H](C)O. The zero-order chi connectivity index (χ0) is 14.6. The van der Waals surface area contributed by atoms with Gasteiger partial charge in [-0.25, -0.2) is 9.59 Å². The number of aliphatic hydroxyl groups excluding tert-OH is 1. The first-order valence-electron chi connectivity index (χ1n) is 5.87. The van der Waals surface area contributed by atoms with Crippen LogP contribution in [0.5, 0.6) is 0 Å². The Morgan fingerprint density at radius 1 is 1.21 bits per heavy atom. The Morgan fingerprint density at radius 3 is 2.16 bits per heavy atom. The lowest BCUT2D eigenvalue weighted by atomic mass is 10.1. The van der Waals surface area contributed by atoms with Crippen molar-refractivity contribution >= 4 is 17.7 Å². The first-order valence-corrected chi connectivity index (χ1v) is 5.87. The molecule has 1 rings (SSSR count). The summed E-state index contributed by atoms with van der Waals surface area (Å²) in [6.07, 6.45) is -1.18. The maximum Gasteiger partial charge on any atom is 0.328 e. The molecule has 0 aromatic heterocycles. The van der Waals surface area contributed by atoms with Gasteiger partial charge in [0, 0.05) is 5.69 Å². The van der Waals surface area contributed by atoms with Gasteiger partial charge in [-0.15, -0.1) is 0 Å². The van der Waals surface area contributed by atoms with Gasteiger partial charge in [-0.1, -0.05) is 18.2 Å². The van der Waals surface area contributed by atoms with Crippen LogP contribution in [0.2, 0.25) is 0 Å². The Bertz CT molecular complexity index is 465. The molecule has 0 unspecified atom stereocenters. The van der Waals surface area contributed by atoms with E-state index in [1.165, 1.54) is 6.92 Å². The summed E-state index contributed by atoms with van der Waals surface area (Å²) in [6, 6.07) is 3.54. The summed E-state index contributed by atoms with van der Waals surface area (Å²) in [5.74, 6) is -1.29. The number of rotatable bonds is 4. The van der Waals surface area contributed by atoms with Crippen LogP contribution < -0.4 is 10.6 Å².